The molecule has 1 aromatic carbocycles. The van der Waals surface area contributed by atoms with Crippen LogP contribution in [0, 0.1) is 5.92 Å². The summed E-state index contributed by atoms with van der Waals surface area (Å²) in [5, 5.41) is 5.53. The van der Waals surface area contributed by atoms with Crippen LogP contribution < -0.4 is 20.3 Å². The number of carbonyl (C=O) groups is 3. The third-order valence-corrected chi connectivity index (χ3v) is 4.52. The molecule has 3 N–H and O–H groups in total. The van der Waals surface area contributed by atoms with Crippen molar-refractivity contribution in [1.82, 2.24) is 0 Å². The monoisotopic (exact) mass is 378 g/mol. The van der Waals surface area contributed by atoms with Crippen LogP contribution in [-0.4, -0.2) is 51.1 Å². The number of hydrogen-bond donors (Lipinski definition) is 3. The minimum atomic E-state index is -0.189. The molecule has 0 aliphatic carbocycles. The van der Waals surface area contributed by atoms with E-state index in [0.29, 0.717) is 30.3 Å². The third-order valence-electron chi connectivity index (χ3n) is 4.52. The molecule has 1 aromatic rings. The first-order valence-corrected chi connectivity index (χ1v) is 9.18. The first-order chi connectivity index (χ1) is 12.9. The molecule has 27 heavy (non-hydrogen) atoms. The number of hydrogen-bond acceptors (Lipinski definition) is 5. The van der Waals surface area contributed by atoms with E-state index in [-0.39, 0.29) is 23.7 Å². The van der Waals surface area contributed by atoms with Gasteiger partial charge in [-0.15, -0.1) is 0 Å². The largest absolute Gasteiger partial charge is 0.495 e. The number of benzene rings is 1. The normalized spacial score (nSPS) is 19.1. The van der Waals surface area contributed by atoms with Gasteiger partial charge in [0, 0.05) is 25.5 Å². The highest BCUT2D eigenvalue weighted by molar-refractivity contribution is 5.95. The summed E-state index contributed by atoms with van der Waals surface area (Å²) in [5.41, 5.74) is 1.09. The quantitative estimate of drug-likeness (QED) is 0.599. The maximum atomic E-state index is 12.4. The Morgan fingerprint density at radius 1 is 1.19 bits per heavy atom. The Labute approximate surface area is 159 Å². The molecule has 1 aliphatic rings. The Morgan fingerprint density at radius 3 is 2.48 bits per heavy atom. The van der Waals surface area contributed by atoms with Gasteiger partial charge < -0.3 is 25.0 Å². The summed E-state index contributed by atoms with van der Waals surface area (Å²) in [5.74, 6) is -0.00981. The van der Waals surface area contributed by atoms with Gasteiger partial charge in [0.2, 0.25) is 5.91 Å². The molecule has 2 amide bonds. The van der Waals surface area contributed by atoms with Gasteiger partial charge in [0.25, 0.3) is 5.91 Å². The smallest absolute Gasteiger partial charge is 0.309 e. The number of rotatable bonds is 7. The number of quaternary nitrogens is 1. The molecule has 1 heterocycles. The Hall–Kier alpha value is -2.61. The minimum absolute atomic E-state index is 0.0637. The highest BCUT2D eigenvalue weighted by Gasteiger charge is 2.29. The average molecular weight is 378 g/mol. The van der Waals surface area contributed by atoms with Gasteiger partial charge in [0.05, 0.1) is 38.4 Å². The fourth-order valence-corrected chi connectivity index (χ4v) is 3.21. The number of esters is 1. The number of likely N-dealkylation sites (tertiary alicyclic amines) is 1. The average Bonchev–Trinajstić information content (AvgIpc) is 2.62. The number of ether oxygens (including phenoxy) is 2. The fourth-order valence-electron chi connectivity index (χ4n) is 3.21. The molecule has 0 unspecified atom stereocenters. The number of anilines is 2. The van der Waals surface area contributed by atoms with Crippen LogP contribution >= 0.6 is 0 Å². The molecule has 148 valence electrons. The standard InChI is InChI=1S/C19H27N3O5/c1-4-27-19(25)14-7-9-22(10-8-14)12-18(24)21-16-11-15(20-13(2)23)5-6-17(16)26-3/h5-6,11,14H,4,7-10,12H2,1-3H3,(H,20,23)(H,21,24)/p+1. The summed E-state index contributed by atoms with van der Waals surface area (Å²) >= 11 is 0. The van der Waals surface area contributed by atoms with Crippen molar-refractivity contribution in [3.63, 3.8) is 0 Å². The summed E-state index contributed by atoms with van der Waals surface area (Å²) in [6.45, 7) is 5.43. The molecule has 1 fully saturated rings. The van der Waals surface area contributed by atoms with Crippen LogP contribution in [0.15, 0.2) is 18.2 Å². The maximum Gasteiger partial charge on any atom is 0.309 e. The summed E-state index contributed by atoms with van der Waals surface area (Å²) in [7, 11) is 1.52. The van der Waals surface area contributed by atoms with Crippen LogP contribution in [0.2, 0.25) is 0 Å². The van der Waals surface area contributed by atoms with Crippen molar-refractivity contribution in [2.24, 2.45) is 5.92 Å². The number of nitrogens with one attached hydrogen (secondary N) is 3. The van der Waals surface area contributed by atoms with Crippen molar-refractivity contribution in [3.05, 3.63) is 18.2 Å². The first-order valence-electron chi connectivity index (χ1n) is 9.18. The van der Waals surface area contributed by atoms with E-state index in [1.165, 1.54) is 14.0 Å². The van der Waals surface area contributed by atoms with Gasteiger partial charge in [-0.05, 0) is 25.1 Å². The van der Waals surface area contributed by atoms with Gasteiger partial charge in [-0.25, -0.2) is 0 Å². The summed E-state index contributed by atoms with van der Waals surface area (Å²) in [6.07, 6.45) is 1.45. The lowest BCUT2D eigenvalue weighted by Crippen LogP contribution is -3.14. The van der Waals surface area contributed by atoms with Gasteiger partial charge >= 0.3 is 5.97 Å². The van der Waals surface area contributed by atoms with Gasteiger partial charge in [-0.1, -0.05) is 0 Å². The zero-order valence-electron chi connectivity index (χ0n) is 16.1. The SMILES string of the molecule is CCOC(=O)C1CC[NH+](CC(=O)Nc2cc(NC(C)=O)ccc2OC)CC1. The highest BCUT2D eigenvalue weighted by atomic mass is 16.5. The first kappa shape index (κ1) is 20.7. The second-order valence-electron chi connectivity index (χ2n) is 6.60. The van der Waals surface area contributed by atoms with Gasteiger partial charge in [0.1, 0.15) is 5.75 Å². The van der Waals surface area contributed by atoms with E-state index in [1.807, 2.05) is 0 Å². The van der Waals surface area contributed by atoms with Crippen LogP contribution in [0.3, 0.4) is 0 Å². The van der Waals surface area contributed by atoms with Crippen LogP contribution in [0.4, 0.5) is 11.4 Å². The lowest BCUT2D eigenvalue weighted by atomic mass is 9.97. The Bertz CT molecular complexity index is 684. The summed E-state index contributed by atoms with van der Waals surface area (Å²) in [6, 6.07) is 5.07. The zero-order chi connectivity index (χ0) is 19.8. The second kappa shape index (κ2) is 9.91. The molecule has 8 nitrogen and oxygen atoms in total. The topological polar surface area (TPSA) is 98.2 Å². The summed E-state index contributed by atoms with van der Waals surface area (Å²) in [4.78, 5) is 36.6. The Morgan fingerprint density at radius 2 is 1.89 bits per heavy atom. The number of piperidine rings is 1. The van der Waals surface area contributed by atoms with Crippen molar-refractivity contribution in [2.45, 2.75) is 26.7 Å². The van der Waals surface area contributed by atoms with E-state index in [4.69, 9.17) is 9.47 Å². The second-order valence-corrected chi connectivity index (χ2v) is 6.60. The number of methoxy groups -OCH3 is 1. The Balaban J connectivity index is 1.90. The van der Waals surface area contributed by atoms with Crippen LogP contribution in [0.5, 0.6) is 5.75 Å². The minimum Gasteiger partial charge on any atom is -0.495 e. The lowest BCUT2D eigenvalue weighted by Gasteiger charge is -2.27. The van der Waals surface area contributed by atoms with Gasteiger partial charge in [-0.2, -0.15) is 0 Å². The van der Waals surface area contributed by atoms with E-state index in [1.54, 1.807) is 25.1 Å². The van der Waals surface area contributed by atoms with E-state index < -0.39 is 0 Å². The van der Waals surface area contributed by atoms with Crippen molar-refractivity contribution >= 4 is 29.2 Å². The van der Waals surface area contributed by atoms with Gasteiger partial charge in [0.15, 0.2) is 6.54 Å². The van der Waals surface area contributed by atoms with Crippen molar-refractivity contribution in [1.29, 1.82) is 0 Å². The van der Waals surface area contributed by atoms with Gasteiger partial charge in [-0.3, -0.25) is 14.4 Å². The number of amides is 2. The molecule has 0 bridgehead atoms. The Kier molecular flexibility index (Phi) is 7.60. The number of carbonyl (C=O) groups excluding carboxylic acids is 3. The van der Waals surface area contributed by atoms with E-state index in [9.17, 15) is 14.4 Å². The molecule has 0 saturated carbocycles. The zero-order valence-corrected chi connectivity index (χ0v) is 16.1. The molecule has 0 spiro atoms. The predicted octanol–water partition coefficient (Wildman–Crippen LogP) is 0.450. The van der Waals surface area contributed by atoms with Crippen LogP contribution in [0.1, 0.15) is 26.7 Å². The van der Waals surface area contributed by atoms with Crippen LogP contribution in [0.25, 0.3) is 0 Å². The van der Waals surface area contributed by atoms with Crippen molar-refractivity contribution < 1.29 is 28.8 Å². The maximum absolute atomic E-state index is 12.4. The molecule has 0 atom stereocenters. The van der Waals surface area contributed by atoms with E-state index >= 15 is 0 Å². The molecular weight excluding hydrogens is 350 g/mol. The molecular formula is C19H28N3O5+. The van der Waals surface area contributed by atoms with E-state index in [2.05, 4.69) is 10.6 Å². The highest BCUT2D eigenvalue weighted by Crippen LogP contribution is 2.27. The van der Waals surface area contributed by atoms with E-state index in [0.717, 1.165) is 30.8 Å². The molecule has 1 saturated heterocycles. The van der Waals surface area contributed by atoms with Crippen LogP contribution in [-0.2, 0) is 19.1 Å². The molecule has 2 rings (SSSR count). The predicted molar refractivity (Wildman–Crippen MR) is 101 cm³/mol. The summed E-state index contributed by atoms with van der Waals surface area (Å²) < 4.78 is 10.3. The molecule has 0 aromatic heterocycles. The fraction of sp³-hybridized carbons (Fsp3) is 0.526. The lowest BCUT2D eigenvalue weighted by molar-refractivity contribution is -0.897. The third kappa shape index (κ3) is 6.25. The van der Waals surface area contributed by atoms with Crippen molar-refractivity contribution in [2.75, 3.05) is 44.0 Å². The van der Waals surface area contributed by atoms with Crippen molar-refractivity contribution in [3.8, 4) is 5.75 Å². The molecule has 0 radical (unpaired) electrons. The molecule has 8 heteroatoms. The molecule has 1 aliphatic heterocycles.